The van der Waals surface area contributed by atoms with Crippen molar-refractivity contribution in [3.63, 3.8) is 0 Å². The Kier molecular flexibility index (Phi) is 5.27. The maximum atomic E-state index is 5.23. The van der Waals surface area contributed by atoms with Crippen LogP contribution < -0.4 is 5.32 Å². The van der Waals surface area contributed by atoms with Crippen LogP contribution in [0.5, 0.6) is 0 Å². The molecule has 0 saturated heterocycles. The van der Waals surface area contributed by atoms with E-state index in [4.69, 9.17) is 4.74 Å². The zero-order valence-corrected chi connectivity index (χ0v) is 9.05. The fraction of sp³-hybridized carbons (Fsp3) is 0.500. The summed E-state index contributed by atoms with van der Waals surface area (Å²) in [5, 5.41) is 3.34. The predicted molar refractivity (Wildman–Crippen MR) is 59.4 cm³/mol. The van der Waals surface area contributed by atoms with Gasteiger partial charge in [-0.25, -0.2) is 0 Å². The molecule has 78 valence electrons. The highest BCUT2D eigenvalue weighted by molar-refractivity contribution is 5.21. The molecule has 14 heavy (non-hydrogen) atoms. The first-order valence-corrected chi connectivity index (χ1v) is 5.17. The van der Waals surface area contributed by atoms with Gasteiger partial charge in [0.25, 0.3) is 0 Å². The Morgan fingerprint density at radius 2 is 2.21 bits per heavy atom. The summed E-state index contributed by atoms with van der Waals surface area (Å²) < 4.78 is 5.23. The van der Waals surface area contributed by atoms with Gasteiger partial charge in [0.1, 0.15) is 0 Å². The van der Waals surface area contributed by atoms with Gasteiger partial charge < -0.3 is 10.1 Å². The van der Waals surface area contributed by atoms with Gasteiger partial charge in [0.05, 0.1) is 6.61 Å². The van der Waals surface area contributed by atoms with E-state index >= 15 is 0 Å². The van der Waals surface area contributed by atoms with Crippen molar-refractivity contribution in [1.82, 2.24) is 5.32 Å². The van der Waals surface area contributed by atoms with Crippen molar-refractivity contribution in [2.75, 3.05) is 19.8 Å². The van der Waals surface area contributed by atoms with E-state index < -0.39 is 0 Å². The lowest BCUT2D eigenvalue weighted by Gasteiger charge is -2.05. The summed E-state index contributed by atoms with van der Waals surface area (Å²) in [6.45, 7) is 7.56. The monoisotopic (exact) mass is 193 g/mol. The van der Waals surface area contributed by atoms with E-state index in [1.807, 2.05) is 6.92 Å². The molecule has 0 spiro atoms. The van der Waals surface area contributed by atoms with Crippen LogP contribution in [0.3, 0.4) is 0 Å². The van der Waals surface area contributed by atoms with Crippen molar-refractivity contribution in [3.8, 4) is 0 Å². The number of benzene rings is 1. The van der Waals surface area contributed by atoms with E-state index in [0.29, 0.717) is 0 Å². The van der Waals surface area contributed by atoms with Crippen molar-refractivity contribution in [2.24, 2.45) is 0 Å². The summed E-state index contributed by atoms with van der Waals surface area (Å²) >= 11 is 0. The van der Waals surface area contributed by atoms with Crippen LogP contribution in [0.25, 0.3) is 0 Å². The first-order valence-electron chi connectivity index (χ1n) is 5.17. The quantitative estimate of drug-likeness (QED) is 0.699. The average molecular weight is 193 g/mol. The second kappa shape index (κ2) is 6.57. The van der Waals surface area contributed by atoms with E-state index in [0.717, 1.165) is 26.3 Å². The first-order chi connectivity index (χ1) is 6.83. The fourth-order valence-electron chi connectivity index (χ4n) is 1.34. The number of ether oxygens (including phenoxy) is 1. The number of hydrogen-bond acceptors (Lipinski definition) is 2. The Labute approximate surface area is 86.3 Å². The fourth-order valence-corrected chi connectivity index (χ4v) is 1.34. The summed E-state index contributed by atoms with van der Waals surface area (Å²) in [5.41, 5.74) is 2.65. The molecule has 0 amide bonds. The molecular formula is C12H19NO. The molecule has 1 rings (SSSR count). The SMILES string of the molecule is CCOCCNCc1cccc(C)c1. The van der Waals surface area contributed by atoms with Gasteiger partial charge in [-0.1, -0.05) is 29.8 Å². The standard InChI is InChI=1S/C12H19NO/c1-3-14-8-7-13-10-12-6-4-5-11(2)9-12/h4-6,9,13H,3,7-8,10H2,1-2H3. The van der Waals surface area contributed by atoms with Crippen LogP contribution in [-0.2, 0) is 11.3 Å². The van der Waals surface area contributed by atoms with Crippen LogP contribution in [0.2, 0.25) is 0 Å². The number of rotatable bonds is 6. The van der Waals surface area contributed by atoms with E-state index in [9.17, 15) is 0 Å². The Morgan fingerprint density at radius 3 is 2.93 bits per heavy atom. The van der Waals surface area contributed by atoms with E-state index in [1.165, 1.54) is 11.1 Å². The molecule has 1 aromatic carbocycles. The average Bonchev–Trinajstić information content (AvgIpc) is 2.18. The minimum absolute atomic E-state index is 0.794. The highest BCUT2D eigenvalue weighted by Crippen LogP contribution is 2.02. The zero-order chi connectivity index (χ0) is 10.2. The van der Waals surface area contributed by atoms with Gasteiger partial charge in [-0.05, 0) is 19.4 Å². The third kappa shape index (κ3) is 4.40. The van der Waals surface area contributed by atoms with Crippen molar-refractivity contribution >= 4 is 0 Å². The molecule has 0 aliphatic carbocycles. The molecule has 0 atom stereocenters. The molecule has 1 aromatic rings. The summed E-state index contributed by atoms with van der Waals surface area (Å²) in [6.07, 6.45) is 0. The highest BCUT2D eigenvalue weighted by atomic mass is 16.5. The second-order valence-electron chi connectivity index (χ2n) is 3.36. The first kappa shape index (κ1) is 11.2. The third-order valence-electron chi connectivity index (χ3n) is 2.04. The lowest BCUT2D eigenvalue weighted by Crippen LogP contribution is -2.19. The minimum Gasteiger partial charge on any atom is -0.380 e. The summed E-state index contributed by atoms with van der Waals surface area (Å²) in [4.78, 5) is 0. The molecule has 0 aliphatic rings. The largest absolute Gasteiger partial charge is 0.380 e. The van der Waals surface area contributed by atoms with Gasteiger partial charge in [0.2, 0.25) is 0 Å². The van der Waals surface area contributed by atoms with Gasteiger partial charge in [-0.15, -0.1) is 0 Å². The lowest BCUT2D eigenvalue weighted by molar-refractivity contribution is 0.149. The van der Waals surface area contributed by atoms with Gasteiger partial charge in [0, 0.05) is 19.7 Å². The molecule has 0 radical (unpaired) electrons. The molecule has 0 bridgehead atoms. The molecule has 0 aromatic heterocycles. The lowest BCUT2D eigenvalue weighted by atomic mass is 10.1. The maximum Gasteiger partial charge on any atom is 0.0590 e. The van der Waals surface area contributed by atoms with Crippen LogP contribution in [-0.4, -0.2) is 19.8 Å². The Morgan fingerprint density at radius 1 is 1.36 bits per heavy atom. The molecule has 2 nitrogen and oxygen atoms in total. The summed E-state index contributed by atoms with van der Waals surface area (Å²) in [5.74, 6) is 0. The molecule has 0 saturated carbocycles. The molecular weight excluding hydrogens is 174 g/mol. The highest BCUT2D eigenvalue weighted by Gasteiger charge is 1.92. The van der Waals surface area contributed by atoms with Crippen LogP contribution in [0.1, 0.15) is 18.1 Å². The summed E-state index contributed by atoms with van der Waals surface area (Å²) in [7, 11) is 0. The smallest absolute Gasteiger partial charge is 0.0590 e. The second-order valence-corrected chi connectivity index (χ2v) is 3.36. The van der Waals surface area contributed by atoms with Crippen molar-refractivity contribution in [1.29, 1.82) is 0 Å². The Hall–Kier alpha value is -0.860. The van der Waals surface area contributed by atoms with Gasteiger partial charge in [-0.3, -0.25) is 0 Å². The van der Waals surface area contributed by atoms with E-state index in [-0.39, 0.29) is 0 Å². The Bertz CT molecular complexity index is 260. The van der Waals surface area contributed by atoms with Crippen LogP contribution in [0.4, 0.5) is 0 Å². The number of nitrogens with one attached hydrogen (secondary N) is 1. The maximum absolute atomic E-state index is 5.23. The van der Waals surface area contributed by atoms with Crippen molar-refractivity contribution in [2.45, 2.75) is 20.4 Å². The zero-order valence-electron chi connectivity index (χ0n) is 9.05. The molecule has 0 aliphatic heterocycles. The Balaban J connectivity index is 2.18. The molecule has 0 heterocycles. The third-order valence-corrected chi connectivity index (χ3v) is 2.04. The van der Waals surface area contributed by atoms with Crippen LogP contribution in [0, 0.1) is 6.92 Å². The van der Waals surface area contributed by atoms with Gasteiger partial charge >= 0.3 is 0 Å². The molecule has 2 heteroatoms. The van der Waals surface area contributed by atoms with Crippen molar-refractivity contribution in [3.05, 3.63) is 35.4 Å². The van der Waals surface area contributed by atoms with Gasteiger partial charge in [0.15, 0.2) is 0 Å². The number of hydrogen-bond donors (Lipinski definition) is 1. The van der Waals surface area contributed by atoms with E-state index in [2.05, 4.69) is 36.5 Å². The topological polar surface area (TPSA) is 21.3 Å². The molecule has 0 unspecified atom stereocenters. The summed E-state index contributed by atoms with van der Waals surface area (Å²) in [6, 6.07) is 8.55. The molecule has 1 N–H and O–H groups in total. The minimum atomic E-state index is 0.794. The van der Waals surface area contributed by atoms with E-state index in [1.54, 1.807) is 0 Å². The predicted octanol–water partition coefficient (Wildman–Crippen LogP) is 2.12. The van der Waals surface area contributed by atoms with Gasteiger partial charge in [-0.2, -0.15) is 0 Å². The van der Waals surface area contributed by atoms with Crippen LogP contribution >= 0.6 is 0 Å². The molecule has 0 fully saturated rings. The normalized spacial score (nSPS) is 10.4. The van der Waals surface area contributed by atoms with Crippen molar-refractivity contribution < 1.29 is 4.74 Å². The van der Waals surface area contributed by atoms with Crippen LogP contribution in [0.15, 0.2) is 24.3 Å². The number of aryl methyl sites for hydroxylation is 1.